The van der Waals surface area contributed by atoms with Gasteiger partial charge in [-0.25, -0.2) is 9.37 Å². The summed E-state index contributed by atoms with van der Waals surface area (Å²) in [5, 5.41) is 14.7. The summed E-state index contributed by atoms with van der Waals surface area (Å²) < 4.78 is 12.9. The first-order valence-electron chi connectivity index (χ1n) is 7.44. The van der Waals surface area contributed by atoms with Crippen LogP contribution in [0, 0.1) is 17.1 Å². The Balaban J connectivity index is 1.66. The Labute approximate surface area is 143 Å². The molecule has 0 atom stereocenters. The van der Waals surface area contributed by atoms with Crippen molar-refractivity contribution in [3.8, 4) is 6.07 Å². The summed E-state index contributed by atoms with van der Waals surface area (Å²) in [5.74, 6) is -0.159. The first-order chi connectivity index (χ1) is 12.1. The normalized spacial score (nSPS) is 9.92. The first-order valence-corrected chi connectivity index (χ1v) is 7.44. The predicted molar refractivity (Wildman–Crippen MR) is 93.0 cm³/mol. The highest BCUT2D eigenvalue weighted by Gasteiger charge is 2.06. The molecule has 122 valence electrons. The van der Waals surface area contributed by atoms with E-state index in [-0.39, 0.29) is 5.91 Å². The second-order valence-corrected chi connectivity index (χ2v) is 5.21. The minimum atomic E-state index is -0.394. The van der Waals surface area contributed by atoms with Crippen molar-refractivity contribution in [2.24, 2.45) is 0 Å². The number of aromatic nitrogens is 1. The number of carbonyl (C=O) groups excluding carboxylic acids is 1. The molecule has 0 fully saturated rings. The van der Waals surface area contributed by atoms with Crippen LogP contribution in [0.2, 0.25) is 0 Å². The third-order valence-corrected chi connectivity index (χ3v) is 3.39. The molecule has 2 N–H and O–H groups in total. The lowest BCUT2D eigenvalue weighted by Crippen LogP contribution is -2.12. The van der Waals surface area contributed by atoms with Gasteiger partial charge in [-0.1, -0.05) is 6.07 Å². The summed E-state index contributed by atoms with van der Waals surface area (Å²) in [4.78, 5) is 16.3. The highest BCUT2D eigenvalue weighted by atomic mass is 19.1. The first kappa shape index (κ1) is 16.1. The van der Waals surface area contributed by atoms with Gasteiger partial charge in [-0.3, -0.25) is 4.79 Å². The average Bonchev–Trinajstić information content (AvgIpc) is 2.64. The van der Waals surface area contributed by atoms with Crippen LogP contribution in [0.15, 0.2) is 66.9 Å². The van der Waals surface area contributed by atoms with Crippen molar-refractivity contribution in [2.45, 2.75) is 0 Å². The smallest absolute Gasteiger partial charge is 0.255 e. The van der Waals surface area contributed by atoms with Crippen molar-refractivity contribution < 1.29 is 9.18 Å². The van der Waals surface area contributed by atoms with Gasteiger partial charge in [-0.15, -0.1) is 0 Å². The minimum absolute atomic E-state index is 0.343. The third kappa shape index (κ3) is 4.18. The van der Waals surface area contributed by atoms with E-state index < -0.39 is 5.82 Å². The maximum absolute atomic E-state index is 12.9. The van der Waals surface area contributed by atoms with E-state index >= 15 is 0 Å². The molecule has 3 aromatic rings. The maximum Gasteiger partial charge on any atom is 0.255 e. The van der Waals surface area contributed by atoms with Gasteiger partial charge in [0.25, 0.3) is 5.91 Å². The molecule has 25 heavy (non-hydrogen) atoms. The molecule has 0 bridgehead atoms. The lowest BCUT2D eigenvalue weighted by atomic mass is 10.2. The summed E-state index contributed by atoms with van der Waals surface area (Å²) >= 11 is 0. The Morgan fingerprint density at radius 1 is 1.04 bits per heavy atom. The number of anilines is 3. The predicted octanol–water partition coefficient (Wildman–Crippen LogP) is 4.09. The molecule has 0 radical (unpaired) electrons. The van der Waals surface area contributed by atoms with Crippen molar-refractivity contribution in [1.82, 2.24) is 4.98 Å². The number of nitriles is 1. The number of pyridine rings is 1. The molecule has 1 aromatic heterocycles. The molecule has 2 aromatic carbocycles. The number of hydrogen-bond donors (Lipinski definition) is 2. The molecule has 3 rings (SSSR count). The lowest BCUT2D eigenvalue weighted by Gasteiger charge is -2.08. The van der Waals surface area contributed by atoms with E-state index in [0.29, 0.717) is 22.6 Å². The Hall–Kier alpha value is -3.72. The lowest BCUT2D eigenvalue weighted by molar-refractivity contribution is 0.102. The van der Waals surface area contributed by atoms with E-state index in [4.69, 9.17) is 5.26 Å². The molecule has 0 aliphatic rings. The minimum Gasteiger partial charge on any atom is -0.340 e. The summed E-state index contributed by atoms with van der Waals surface area (Å²) in [6.07, 6.45) is 1.51. The number of hydrogen-bond acceptors (Lipinski definition) is 4. The van der Waals surface area contributed by atoms with Crippen molar-refractivity contribution in [1.29, 1.82) is 5.26 Å². The van der Waals surface area contributed by atoms with Crippen molar-refractivity contribution >= 4 is 23.1 Å². The molecule has 5 nitrogen and oxygen atoms in total. The van der Waals surface area contributed by atoms with Crippen molar-refractivity contribution in [2.75, 3.05) is 10.6 Å². The van der Waals surface area contributed by atoms with Crippen LogP contribution < -0.4 is 10.6 Å². The number of nitrogens with zero attached hydrogens (tertiary/aromatic N) is 2. The molecule has 0 spiro atoms. The zero-order chi connectivity index (χ0) is 17.6. The molecule has 1 heterocycles. The topological polar surface area (TPSA) is 77.8 Å². The number of benzene rings is 2. The molecular weight excluding hydrogens is 319 g/mol. The summed E-state index contributed by atoms with van der Waals surface area (Å²) in [7, 11) is 0. The van der Waals surface area contributed by atoms with Crippen LogP contribution in [-0.2, 0) is 0 Å². The van der Waals surface area contributed by atoms with Crippen LogP contribution in [0.25, 0.3) is 0 Å². The maximum atomic E-state index is 12.9. The summed E-state index contributed by atoms with van der Waals surface area (Å²) in [6.45, 7) is 0. The number of nitrogens with one attached hydrogen (secondary N) is 2. The van der Waals surface area contributed by atoms with Gasteiger partial charge >= 0.3 is 0 Å². The average molecular weight is 332 g/mol. The Morgan fingerprint density at radius 2 is 1.84 bits per heavy atom. The number of rotatable bonds is 4. The number of carbonyl (C=O) groups is 1. The van der Waals surface area contributed by atoms with Crippen LogP contribution >= 0.6 is 0 Å². The van der Waals surface area contributed by atoms with Gasteiger partial charge in [-0.2, -0.15) is 5.26 Å². The molecule has 6 heteroatoms. The van der Waals surface area contributed by atoms with E-state index in [1.165, 1.54) is 30.5 Å². The van der Waals surface area contributed by atoms with Gasteiger partial charge in [0.1, 0.15) is 11.6 Å². The SMILES string of the molecule is N#Cc1cccc(Nc2ccc(NC(=O)c3ccc(F)cc3)cn2)c1. The quantitative estimate of drug-likeness (QED) is 0.754. The zero-order valence-electron chi connectivity index (χ0n) is 13.0. The van der Waals surface area contributed by atoms with Gasteiger partial charge in [0.15, 0.2) is 0 Å². The van der Waals surface area contributed by atoms with Crippen LogP contribution in [-0.4, -0.2) is 10.9 Å². The van der Waals surface area contributed by atoms with E-state index in [0.717, 1.165) is 5.69 Å². The van der Waals surface area contributed by atoms with Crippen molar-refractivity contribution in [3.63, 3.8) is 0 Å². The van der Waals surface area contributed by atoms with E-state index in [9.17, 15) is 9.18 Å². The van der Waals surface area contributed by atoms with Crippen LogP contribution in [0.4, 0.5) is 21.6 Å². The van der Waals surface area contributed by atoms with Crippen LogP contribution in [0.3, 0.4) is 0 Å². The van der Waals surface area contributed by atoms with E-state index in [1.807, 2.05) is 6.07 Å². The second-order valence-electron chi connectivity index (χ2n) is 5.21. The van der Waals surface area contributed by atoms with Gasteiger partial charge < -0.3 is 10.6 Å². The van der Waals surface area contributed by atoms with Gasteiger partial charge in [0.05, 0.1) is 23.5 Å². The summed E-state index contributed by atoms with van der Waals surface area (Å²) in [5.41, 5.74) is 2.17. The van der Waals surface area contributed by atoms with Gasteiger partial charge in [-0.05, 0) is 54.6 Å². The molecule has 0 aliphatic heterocycles. The molecular formula is C19H13FN4O. The van der Waals surface area contributed by atoms with Gasteiger partial charge in [0, 0.05) is 11.3 Å². The van der Waals surface area contributed by atoms with Crippen LogP contribution in [0.1, 0.15) is 15.9 Å². The summed E-state index contributed by atoms with van der Waals surface area (Å²) in [6, 6.07) is 17.8. The number of halogens is 1. The van der Waals surface area contributed by atoms with E-state index in [1.54, 1.807) is 30.3 Å². The standard InChI is InChI=1S/C19H13FN4O/c20-15-6-4-14(5-7-15)19(25)24-17-8-9-18(22-12-17)23-16-3-1-2-13(10-16)11-21/h1-10,12H,(H,22,23)(H,24,25). The Morgan fingerprint density at radius 3 is 2.52 bits per heavy atom. The Bertz CT molecular complexity index is 931. The zero-order valence-corrected chi connectivity index (χ0v) is 13.0. The van der Waals surface area contributed by atoms with E-state index in [2.05, 4.69) is 21.7 Å². The van der Waals surface area contributed by atoms with Crippen LogP contribution in [0.5, 0.6) is 0 Å². The highest BCUT2D eigenvalue weighted by molar-refractivity contribution is 6.04. The van der Waals surface area contributed by atoms with Gasteiger partial charge in [0.2, 0.25) is 0 Å². The fourth-order valence-electron chi connectivity index (χ4n) is 2.16. The second kappa shape index (κ2) is 7.23. The monoisotopic (exact) mass is 332 g/mol. The molecule has 0 unspecified atom stereocenters. The highest BCUT2D eigenvalue weighted by Crippen LogP contribution is 2.17. The third-order valence-electron chi connectivity index (χ3n) is 3.39. The molecule has 0 saturated carbocycles. The van der Waals surface area contributed by atoms with Crippen molar-refractivity contribution in [3.05, 3.63) is 83.8 Å². The fraction of sp³-hybridized carbons (Fsp3) is 0. The fourth-order valence-corrected chi connectivity index (χ4v) is 2.16. The Kier molecular flexibility index (Phi) is 4.67. The number of amides is 1. The largest absolute Gasteiger partial charge is 0.340 e. The molecule has 0 saturated heterocycles. The molecule has 0 aliphatic carbocycles. The molecule has 1 amide bonds.